The van der Waals surface area contributed by atoms with Crippen molar-refractivity contribution in [2.45, 2.75) is 25.3 Å². The number of carboxylic acid groups (broad SMARTS) is 1. The Bertz CT molecular complexity index is 896. The van der Waals surface area contributed by atoms with Crippen LogP contribution in [-0.4, -0.2) is 34.2 Å². The van der Waals surface area contributed by atoms with Crippen LogP contribution in [0.1, 0.15) is 36.4 Å². The number of rotatable bonds is 9. The number of carbonyl (C=O) groups excluding carboxylic acids is 2. The fourth-order valence-electron chi connectivity index (χ4n) is 2.65. The fourth-order valence-corrected chi connectivity index (χ4v) is 2.65. The molecule has 6 N–H and O–H groups in total. The third-order valence-corrected chi connectivity index (χ3v) is 4.02. The van der Waals surface area contributed by atoms with Crippen molar-refractivity contribution in [2.24, 2.45) is 10.9 Å². The first-order valence-corrected chi connectivity index (χ1v) is 8.81. The highest BCUT2D eigenvalue weighted by molar-refractivity contribution is 5.93. The number of anilines is 1. The Morgan fingerprint density at radius 1 is 1.03 bits per heavy atom. The lowest BCUT2D eigenvalue weighted by molar-refractivity contribution is -0.138. The smallest absolute Gasteiger partial charge is 0.305 e. The first-order valence-electron chi connectivity index (χ1n) is 8.81. The minimum atomic E-state index is -1.13. The van der Waals surface area contributed by atoms with Gasteiger partial charge >= 0.3 is 5.97 Å². The Labute approximate surface area is 167 Å². The number of carbonyl (C=O) groups is 3. The first kappa shape index (κ1) is 21.4. The van der Waals surface area contributed by atoms with Gasteiger partial charge in [0.25, 0.3) is 0 Å². The summed E-state index contributed by atoms with van der Waals surface area (Å²) in [5, 5.41) is 27.6. The number of phenolic OH excluding ortho intramolecular Hbond substituents is 1. The first-order chi connectivity index (χ1) is 13.9. The van der Waals surface area contributed by atoms with Crippen LogP contribution >= 0.6 is 0 Å². The number of aliphatic carboxylic acids is 1. The van der Waals surface area contributed by atoms with Crippen molar-refractivity contribution in [3.05, 3.63) is 59.7 Å². The molecule has 0 fully saturated rings. The van der Waals surface area contributed by atoms with Crippen molar-refractivity contribution in [1.29, 1.82) is 0 Å². The number of hydrogen-bond acceptors (Lipinski definition) is 6. The van der Waals surface area contributed by atoms with Crippen LogP contribution in [0, 0.1) is 0 Å². The number of para-hydroxylation sites is 1. The number of phenols is 1. The number of nitrogens with one attached hydrogen (secondary N) is 2. The lowest BCUT2D eigenvalue weighted by Crippen LogP contribution is -2.30. The Morgan fingerprint density at radius 2 is 1.69 bits per heavy atom. The standard InChI is InChI=1S/C20H22N4O5/c21-22-12-13-5-7-14(8-6-13)23-18(26)9-10-19(27)24-16(11-20(28)29)15-3-1-2-4-17(15)25/h1-8,12,16,25H,9-11,21H2,(H,23,26)(H,24,27)(H,28,29). The summed E-state index contributed by atoms with van der Waals surface area (Å²) in [5.41, 5.74) is 1.63. The molecule has 0 aromatic heterocycles. The SMILES string of the molecule is NN=Cc1ccc(NC(=O)CCC(=O)NC(CC(=O)O)c2ccccc2O)cc1. The normalized spacial score (nSPS) is 11.7. The van der Waals surface area contributed by atoms with E-state index in [0.717, 1.165) is 5.56 Å². The van der Waals surface area contributed by atoms with Gasteiger partial charge in [-0.25, -0.2) is 0 Å². The predicted octanol–water partition coefficient (Wildman–Crippen LogP) is 1.74. The van der Waals surface area contributed by atoms with Gasteiger partial charge in [0, 0.05) is 24.1 Å². The topological polar surface area (TPSA) is 154 Å². The van der Waals surface area contributed by atoms with E-state index < -0.39 is 24.3 Å². The molecule has 0 saturated heterocycles. The average Bonchev–Trinajstić information content (AvgIpc) is 2.68. The van der Waals surface area contributed by atoms with Crippen LogP contribution in [0.15, 0.2) is 53.6 Å². The minimum Gasteiger partial charge on any atom is -0.508 e. The summed E-state index contributed by atoms with van der Waals surface area (Å²) in [4.78, 5) is 35.3. The van der Waals surface area contributed by atoms with Gasteiger partial charge in [0.1, 0.15) is 5.75 Å². The van der Waals surface area contributed by atoms with Crippen molar-refractivity contribution >= 4 is 29.7 Å². The van der Waals surface area contributed by atoms with Crippen LogP contribution in [-0.2, 0) is 14.4 Å². The van der Waals surface area contributed by atoms with E-state index in [4.69, 9.17) is 10.9 Å². The van der Waals surface area contributed by atoms with Crippen molar-refractivity contribution in [3.8, 4) is 5.75 Å². The molecule has 9 nitrogen and oxygen atoms in total. The predicted molar refractivity (Wildman–Crippen MR) is 107 cm³/mol. The van der Waals surface area contributed by atoms with Gasteiger partial charge in [-0.1, -0.05) is 30.3 Å². The molecule has 0 spiro atoms. The molecule has 29 heavy (non-hydrogen) atoms. The van der Waals surface area contributed by atoms with Gasteiger partial charge in [0.15, 0.2) is 0 Å². The van der Waals surface area contributed by atoms with Crippen molar-refractivity contribution in [2.75, 3.05) is 5.32 Å². The van der Waals surface area contributed by atoms with E-state index >= 15 is 0 Å². The Kier molecular flexibility index (Phi) is 7.72. The number of nitrogens with two attached hydrogens (primary N) is 1. The van der Waals surface area contributed by atoms with Crippen molar-refractivity contribution < 1.29 is 24.6 Å². The number of nitrogens with zero attached hydrogens (tertiary/aromatic N) is 1. The molecule has 0 aliphatic rings. The molecule has 2 rings (SSSR count). The van der Waals surface area contributed by atoms with Crippen molar-refractivity contribution in [1.82, 2.24) is 5.32 Å². The number of hydrogen-bond donors (Lipinski definition) is 5. The number of hydrazone groups is 1. The maximum Gasteiger partial charge on any atom is 0.305 e. The molecule has 0 aliphatic heterocycles. The van der Waals surface area contributed by atoms with Gasteiger partial charge in [0.05, 0.1) is 18.7 Å². The lowest BCUT2D eigenvalue weighted by atomic mass is 10.0. The van der Waals surface area contributed by atoms with E-state index in [1.54, 1.807) is 36.4 Å². The second-order valence-corrected chi connectivity index (χ2v) is 6.23. The van der Waals surface area contributed by atoms with Gasteiger partial charge in [-0.05, 0) is 23.8 Å². The Balaban J connectivity index is 1.90. The molecule has 1 atom stereocenters. The van der Waals surface area contributed by atoms with E-state index in [1.807, 2.05) is 0 Å². The van der Waals surface area contributed by atoms with Crippen LogP contribution in [0.4, 0.5) is 5.69 Å². The molecule has 9 heteroatoms. The van der Waals surface area contributed by atoms with E-state index in [9.17, 15) is 19.5 Å². The molecule has 2 amide bonds. The summed E-state index contributed by atoms with van der Waals surface area (Å²) < 4.78 is 0. The number of carboxylic acids is 1. The largest absolute Gasteiger partial charge is 0.508 e. The maximum atomic E-state index is 12.2. The molecule has 0 saturated carbocycles. The zero-order valence-corrected chi connectivity index (χ0v) is 15.5. The quantitative estimate of drug-likeness (QED) is 0.246. The van der Waals surface area contributed by atoms with E-state index in [-0.39, 0.29) is 24.5 Å². The minimum absolute atomic E-state index is 0.0849. The summed E-state index contributed by atoms with van der Waals surface area (Å²) in [7, 11) is 0. The molecule has 152 valence electrons. The van der Waals surface area contributed by atoms with E-state index in [0.29, 0.717) is 11.3 Å². The molecule has 2 aromatic carbocycles. The fraction of sp³-hybridized carbons (Fsp3) is 0.200. The molecule has 0 heterocycles. The number of benzene rings is 2. The second-order valence-electron chi connectivity index (χ2n) is 6.23. The molecular formula is C20H22N4O5. The zero-order chi connectivity index (χ0) is 21.2. The third kappa shape index (κ3) is 6.98. The highest BCUT2D eigenvalue weighted by Crippen LogP contribution is 2.26. The molecular weight excluding hydrogens is 376 g/mol. The maximum absolute atomic E-state index is 12.2. The summed E-state index contributed by atoms with van der Waals surface area (Å²) in [6.45, 7) is 0. The molecule has 0 bridgehead atoms. The van der Waals surface area contributed by atoms with Crippen LogP contribution < -0.4 is 16.5 Å². The molecule has 2 aromatic rings. The lowest BCUT2D eigenvalue weighted by Gasteiger charge is -2.18. The monoisotopic (exact) mass is 398 g/mol. The Hall–Kier alpha value is -3.88. The van der Waals surface area contributed by atoms with Gasteiger partial charge in [-0.15, -0.1) is 0 Å². The summed E-state index contributed by atoms with van der Waals surface area (Å²) in [6, 6.07) is 12.1. The molecule has 0 aliphatic carbocycles. The molecule has 0 radical (unpaired) electrons. The summed E-state index contributed by atoms with van der Waals surface area (Å²) in [5.74, 6) is 2.97. The van der Waals surface area contributed by atoms with Crippen LogP contribution in [0.5, 0.6) is 5.75 Å². The van der Waals surface area contributed by atoms with Crippen molar-refractivity contribution in [3.63, 3.8) is 0 Å². The third-order valence-electron chi connectivity index (χ3n) is 4.02. The molecule has 1 unspecified atom stereocenters. The van der Waals surface area contributed by atoms with Gasteiger partial charge < -0.3 is 26.7 Å². The van der Waals surface area contributed by atoms with Gasteiger partial charge in [-0.3, -0.25) is 14.4 Å². The van der Waals surface area contributed by atoms with Gasteiger partial charge in [-0.2, -0.15) is 5.10 Å². The number of aromatic hydroxyl groups is 1. The van der Waals surface area contributed by atoms with Crippen LogP contribution in [0.2, 0.25) is 0 Å². The highest BCUT2D eigenvalue weighted by atomic mass is 16.4. The second kappa shape index (κ2) is 10.5. The summed E-state index contributed by atoms with van der Waals surface area (Å²) >= 11 is 0. The number of amides is 2. The summed E-state index contributed by atoms with van der Waals surface area (Å²) in [6.07, 6.45) is 0.855. The Morgan fingerprint density at radius 3 is 2.31 bits per heavy atom. The van der Waals surface area contributed by atoms with E-state index in [1.165, 1.54) is 18.3 Å². The van der Waals surface area contributed by atoms with Crippen LogP contribution in [0.25, 0.3) is 0 Å². The van der Waals surface area contributed by atoms with Gasteiger partial charge in [0.2, 0.25) is 11.8 Å². The average molecular weight is 398 g/mol. The zero-order valence-electron chi connectivity index (χ0n) is 15.5. The van der Waals surface area contributed by atoms with E-state index in [2.05, 4.69) is 15.7 Å². The highest BCUT2D eigenvalue weighted by Gasteiger charge is 2.21. The van der Waals surface area contributed by atoms with Crippen LogP contribution in [0.3, 0.4) is 0 Å².